The fraction of sp³-hybridized carbons (Fsp3) is 0.909. The van der Waals surface area contributed by atoms with Crippen LogP contribution < -0.4 is 5.73 Å². The Bertz CT molecular complexity index is 187. The molecule has 0 radical (unpaired) electrons. The van der Waals surface area contributed by atoms with Gasteiger partial charge in [-0.15, -0.1) is 0 Å². The van der Waals surface area contributed by atoms with Crippen LogP contribution in [0.1, 0.15) is 33.1 Å². The second kappa shape index (κ2) is 5.35. The average Bonchev–Trinajstić information content (AvgIpc) is 2.95. The highest BCUT2D eigenvalue weighted by Gasteiger charge is 2.22. The highest BCUT2D eigenvalue weighted by molar-refractivity contribution is 5.79. The number of nitrogens with two attached hydrogens (primary N) is 1. The first-order chi connectivity index (χ1) is 6.63. The van der Waals surface area contributed by atoms with Gasteiger partial charge in [-0.3, -0.25) is 5.41 Å². The smallest absolute Gasteiger partial charge is 0.0947 e. The third kappa shape index (κ3) is 4.09. The third-order valence-electron chi connectivity index (χ3n) is 3.06. The topological polar surface area (TPSA) is 53.1 Å². The van der Waals surface area contributed by atoms with Crippen LogP contribution in [0, 0.1) is 17.2 Å². The first-order valence-electron chi connectivity index (χ1n) is 5.69. The van der Waals surface area contributed by atoms with Gasteiger partial charge in [0.1, 0.15) is 0 Å². The summed E-state index contributed by atoms with van der Waals surface area (Å²) in [5.74, 6) is 1.51. The Morgan fingerprint density at radius 3 is 2.64 bits per heavy atom. The monoisotopic (exact) mass is 197 g/mol. The van der Waals surface area contributed by atoms with Gasteiger partial charge in [0.15, 0.2) is 0 Å². The normalized spacial score (nSPS) is 18.5. The summed E-state index contributed by atoms with van der Waals surface area (Å²) < 4.78 is 0. The molecule has 0 amide bonds. The molecule has 1 aliphatic rings. The van der Waals surface area contributed by atoms with E-state index in [0.717, 1.165) is 19.0 Å². The van der Waals surface area contributed by atoms with E-state index < -0.39 is 0 Å². The van der Waals surface area contributed by atoms with Crippen molar-refractivity contribution in [2.75, 3.05) is 19.6 Å². The summed E-state index contributed by atoms with van der Waals surface area (Å²) in [7, 11) is 0. The minimum atomic E-state index is 0.203. The maximum Gasteiger partial charge on any atom is 0.0947 e. The summed E-state index contributed by atoms with van der Waals surface area (Å²) in [6.07, 6.45) is 4.19. The minimum absolute atomic E-state index is 0.203. The van der Waals surface area contributed by atoms with Crippen LogP contribution in [-0.2, 0) is 0 Å². The highest BCUT2D eigenvalue weighted by Crippen LogP contribution is 2.32. The van der Waals surface area contributed by atoms with Crippen LogP contribution in [0.4, 0.5) is 0 Å². The molecule has 1 atom stereocenters. The molecule has 14 heavy (non-hydrogen) atoms. The van der Waals surface area contributed by atoms with Gasteiger partial charge in [0.05, 0.1) is 5.84 Å². The van der Waals surface area contributed by atoms with Crippen molar-refractivity contribution in [3.8, 4) is 0 Å². The van der Waals surface area contributed by atoms with E-state index in [4.69, 9.17) is 11.1 Å². The van der Waals surface area contributed by atoms with E-state index in [1.165, 1.54) is 25.8 Å². The largest absolute Gasteiger partial charge is 0.387 e. The lowest BCUT2D eigenvalue weighted by molar-refractivity contribution is 0.263. The minimum Gasteiger partial charge on any atom is -0.387 e. The zero-order chi connectivity index (χ0) is 10.6. The van der Waals surface area contributed by atoms with Gasteiger partial charge in [-0.05, 0) is 25.4 Å². The molecule has 0 heterocycles. The Kier molecular flexibility index (Phi) is 4.39. The van der Waals surface area contributed by atoms with Crippen molar-refractivity contribution in [3.05, 3.63) is 0 Å². The molecule has 1 rings (SSSR count). The van der Waals surface area contributed by atoms with Gasteiger partial charge in [-0.1, -0.05) is 26.7 Å². The fourth-order valence-electron chi connectivity index (χ4n) is 1.64. The first kappa shape index (κ1) is 11.5. The fourth-order valence-corrected chi connectivity index (χ4v) is 1.64. The number of hydrogen-bond donors (Lipinski definition) is 2. The summed E-state index contributed by atoms with van der Waals surface area (Å²) in [5, 5.41) is 7.35. The van der Waals surface area contributed by atoms with Crippen molar-refractivity contribution in [3.63, 3.8) is 0 Å². The van der Waals surface area contributed by atoms with Crippen molar-refractivity contribution in [2.45, 2.75) is 33.1 Å². The first-order valence-corrected chi connectivity index (χ1v) is 5.69. The lowest BCUT2D eigenvalue weighted by Gasteiger charge is -2.23. The highest BCUT2D eigenvalue weighted by atomic mass is 15.1. The summed E-state index contributed by atoms with van der Waals surface area (Å²) in [4.78, 5) is 2.41. The Morgan fingerprint density at radius 2 is 2.21 bits per heavy atom. The molecule has 0 aliphatic heterocycles. The molecule has 0 bridgehead atoms. The number of amidine groups is 1. The Labute approximate surface area is 87.2 Å². The molecule has 0 aromatic rings. The maximum atomic E-state index is 7.35. The van der Waals surface area contributed by atoms with Gasteiger partial charge >= 0.3 is 0 Å². The van der Waals surface area contributed by atoms with Crippen LogP contribution in [0.25, 0.3) is 0 Å². The molecule has 0 aromatic carbocycles. The number of rotatable bonds is 7. The second-order valence-electron chi connectivity index (χ2n) is 4.48. The molecule has 1 aliphatic carbocycles. The lowest BCUT2D eigenvalue weighted by atomic mass is 10.1. The molecule has 1 unspecified atom stereocenters. The van der Waals surface area contributed by atoms with Gasteiger partial charge in [0.2, 0.25) is 0 Å². The summed E-state index contributed by atoms with van der Waals surface area (Å²) in [6.45, 7) is 7.41. The number of nitrogens with one attached hydrogen (secondary N) is 1. The molecule has 3 N–H and O–H groups in total. The lowest BCUT2D eigenvalue weighted by Crippen LogP contribution is -2.35. The van der Waals surface area contributed by atoms with E-state index >= 15 is 0 Å². The predicted octanol–water partition coefficient (Wildman–Crippen LogP) is 1.68. The average molecular weight is 197 g/mol. The van der Waals surface area contributed by atoms with Gasteiger partial charge in [0.25, 0.3) is 0 Å². The van der Waals surface area contributed by atoms with Gasteiger partial charge in [0, 0.05) is 12.5 Å². The van der Waals surface area contributed by atoms with Crippen molar-refractivity contribution in [2.24, 2.45) is 17.6 Å². The van der Waals surface area contributed by atoms with E-state index in [-0.39, 0.29) is 5.92 Å². The summed E-state index contributed by atoms with van der Waals surface area (Å²) >= 11 is 0. The zero-order valence-electron chi connectivity index (χ0n) is 9.42. The van der Waals surface area contributed by atoms with Crippen LogP contribution in [-0.4, -0.2) is 30.4 Å². The van der Waals surface area contributed by atoms with Crippen molar-refractivity contribution < 1.29 is 0 Å². The van der Waals surface area contributed by atoms with E-state index in [2.05, 4.69) is 11.8 Å². The quantitative estimate of drug-likeness (QED) is 0.482. The second-order valence-corrected chi connectivity index (χ2v) is 4.48. The zero-order valence-corrected chi connectivity index (χ0v) is 9.42. The van der Waals surface area contributed by atoms with E-state index in [0.29, 0.717) is 5.84 Å². The van der Waals surface area contributed by atoms with Crippen LogP contribution >= 0.6 is 0 Å². The molecule has 1 fully saturated rings. The molecular formula is C11H23N3. The van der Waals surface area contributed by atoms with Gasteiger partial charge < -0.3 is 10.6 Å². The van der Waals surface area contributed by atoms with Crippen LogP contribution in [0.2, 0.25) is 0 Å². The predicted molar refractivity (Wildman–Crippen MR) is 60.5 cm³/mol. The molecule has 3 heteroatoms. The summed E-state index contributed by atoms with van der Waals surface area (Å²) in [6, 6.07) is 0. The molecule has 3 nitrogen and oxygen atoms in total. The molecule has 82 valence electrons. The van der Waals surface area contributed by atoms with Crippen LogP contribution in [0.5, 0.6) is 0 Å². The van der Waals surface area contributed by atoms with Gasteiger partial charge in [-0.25, -0.2) is 0 Å². The molecule has 0 saturated heterocycles. The third-order valence-corrected chi connectivity index (χ3v) is 3.06. The number of hydrogen-bond acceptors (Lipinski definition) is 2. The van der Waals surface area contributed by atoms with Crippen molar-refractivity contribution >= 4 is 5.84 Å². The van der Waals surface area contributed by atoms with Crippen LogP contribution in [0.15, 0.2) is 0 Å². The Hall–Kier alpha value is -0.570. The van der Waals surface area contributed by atoms with Crippen molar-refractivity contribution in [1.82, 2.24) is 4.90 Å². The Balaban J connectivity index is 2.18. The maximum absolute atomic E-state index is 7.35. The molecule has 0 spiro atoms. The van der Waals surface area contributed by atoms with Crippen LogP contribution in [0.3, 0.4) is 0 Å². The standard InChI is InChI=1S/C11H23N3/c1-3-14(7-6-10-4-5-10)8-9(2)11(12)13/h9-10H,3-8H2,1-2H3,(H3,12,13). The van der Waals surface area contributed by atoms with E-state index in [1.807, 2.05) is 6.92 Å². The number of nitrogens with zero attached hydrogens (tertiary/aromatic N) is 1. The van der Waals surface area contributed by atoms with Gasteiger partial charge in [-0.2, -0.15) is 0 Å². The SMILES string of the molecule is CCN(CCC1CC1)CC(C)C(=N)N. The Morgan fingerprint density at radius 1 is 1.57 bits per heavy atom. The molecule has 1 saturated carbocycles. The summed E-state index contributed by atoms with van der Waals surface area (Å²) in [5.41, 5.74) is 5.46. The van der Waals surface area contributed by atoms with E-state index in [1.54, 1.807) is 0 Å². The van der Waals surface area contributed by atoms with Crippen molar-refractivity contribution in [1.29, 1.82) is 5.41 Å². The van der Waals surface area contributed by atoms with E-state index in [9.17, 15) is 0 Å². The molecular weight excluding hydrogens is 174 g/mol. The molecule has 0 aromatic heterocycles.